The highest BCUT2D eigenvalue weighted by molar-refractivity contribution is 6.09. The standard InChI is InChI=1S/C17H19N7O2.2C2H6/c1-5-24-11(17(25)26)7-10-14-13(18-8-22(14)3)15(20-16(10)24)19-12-6-9(2)23(4)21-12;2*1-2/h6-8H,5H2,1-4H3,(H,25,26)(H,19,20,21);2*1-2H3. The molecule has 4 aromatic rings. The minimum Gasteiger partial charge on any atom is -0.477 e. The summed E-state index contributed by atoms with van der Waals surface area (Å²) in [5, 5.41) is 17.9. The molecule has 4 heterocycles. The van der Waals surface area contributed by atoms with Crippen molar-refractivity contribution in [2.24, 2.45) is 14.1 Å². The van der Waals surface area contributed by atoms with Gasteiger partial charge in [-0.15, -0.1) is 0 Å². The van der Waals surface area contributed by atoms with E-state index in [4.69, 9.17) is 0 Å². The van der Waals surface area contributed by atoms with Crippen molar-refractivity contribution < 1.29 is 9.90 Å². The second-order valence-electron chi connectivity index (χ2n) is 6.25. The minimum absolute atomic E-state index is 0.211. The molecule has 162 valence electrons. The van der Waals surface area contributed by atoms with Gasteiger partial charge in [0, 0.05) is 37.8 Å². The van der Waals surface area contributed by atoms with Crippen LogP contribution in [0.5, 0.6) is 0 Å². The number of hydrogen-bond donors (Lipinski definition) is 2. The number of nitrogens with zero attached hydrogens (tertiary/aromatic N) is 6. The van der Waals surface area contributed by atoms with Gasteiger partial charge in [-0.2, -0.15) is 5.10 Å². The zero-order valence-electron chi connectivity index (χ0n) is 19.0. The predicted octanol–water partition coefficient (Wildman–Crippen LogP) is 4.48. The quantitative estimate of drug-likeness (QED) is 0.511. The van der Waals surface area contributed by atoms with E-state index in [1.165, 1.54) is 0 Å². The number of aryl methyl sites for hydroxylation is 4. The normalized spacial score (nSPS) is 10.4. The fraction of sp³-hybridized carbons (Fsp3) is 0.429. The number of anilines is 2. The van der Waals surface area contributed by atoms with E-state index in [2.05, 4.69) is 20.4 Å². The number of hydrogen-bond acceptors (Lipinski definition) is 5. The molecule has 0 saturated heterocycles. The van der Waals surface area contributed by atoms with Crippen LogP contribution in [0.25, 0.3) is 22.1 Å². The maximum Gasteiger partial charge on any atom is 0.352 e. The van der Waals surface area contributed by atoms with E-state index >= 15 is 0 Å². The first-order chi connectivity index (χ1) is 14.4. The van der Waals surface area contributed by atoms with Crippen molar-refractivity contribution >= 4 is 39.7 Å². The number of aromatic carboxylic acids is 1. The second kappa shape index (κ2) is 9.43. The summed E-state index contributed by atoms with van der Waals surface area (Å²) in [6.07, 6.45) is 1.70. The molecule has 0 aliphatic heterocycles. The third-order valence-electron chi connectivity index (χ3n) is 4.60. The average molecular weight is 414 g/mol. The van der Waals surface area contributed by atoms with E-state index in [0.29, 0.717) is 29.3 Å². The lowest BCUT2D eigenvalue weighted by atomic mass is 10.2. The molecule has 0 radical (unpaired) electrons. The van der Waals surface area contributed by atoms with Gasteiger partial charge in [-0.05, 0) is 19.9 Å². The van der Waals surface area contributed by atoms with Crippen molar-refractivity contribution in [1.82, 2.24) is 28.9 Å². The lowest BCUT2D eigenvalue weighted by molar-refractivity contribution is 0.0686. The van der Waals surface area contributed by atoms with Crippen molar-refractivity contribution in [2.75, 3.05) is 5.32 Å². The maximum absolute atomic E-state index is 11.6. The van der Waals surface area contributed by atoms with E-state index in [0.717, 1.165) is 16.6 Å². The van der Waals surface area contributed by atoms with Gasteiger partial charge in [0.1, 0.15) is 16.9 Å². The number of fused-ring (bicyclic) bond motifs is 3. The summed E-state index contributed by atoms with van der Waals surface area (Å²) in [6, 6.07) is 3.58. The molecule has 0 atom stereocenters. The molecule has 0 saturated carbocycles. The topological polar surface area (TPSA) is 103 Å². The van der Waals surface area contributed by atoms with Gasteiger partial charge in [-0.3, -0.25) is 4.68 Å². The van der Waals surface area contributed by atoms with Crippen LogP contribution in [0.3, 0.4) is 0 Å². The van der Waals surface area contributed by atoms with Crippen molar-refractivity contribution in [2.45, 2.75) is 48.1 Å². The summed E-state index contributed by atoms with van der Waals surface area (Å²) in [5.74, 6) is 0.239. The molecule has 0 spiro atoms. The smallest absolute Gasteiger partial charge is 0.352 e. The number of rotatable bonds is 4. The number of carboxylic acids is 1. The molecule has 0 aliphatic rings. The Bertz CT molecular complexity index is 1150. The number of carboxylic acid groups (broad SMARTS) is 1. The fourth-order valence-corrected chi connectivity index (χ4v) is 3.24. The first-order valence-corrected chi connectivity index (χ1v) is 10.3. The van der Waals surface area contributed by atoms with Crippen LogP contribution in [-0.2, 0) is 20.6 Å². The van der Waals surface area contributed by atoms with Crippen LogP contribution in [0.2, 0.25) is 0 Å². The molecule has 0 fully saturated rings. The van der Waals surface area contributed by atoms with E-state index < -0.39 is 5.97 Å². The highest BCUT2D eigenvalue weighted by Crippen LogP contribution is 2.32. The second-order valence-corrected chi connectivity index (χ2v) is 6.25. The Morgan fingerprint density at radius 1 is 1.17 bits per heavy atom. The molecular weight excluding hydrogens is 382 g/mol. The van der Waals surface area contributed by atoms with Crippen LogP contribution in [0, 0.1) is 6.92 Å². The molecule has 4 rings (SSSR count). The Kier molecular flexibility index (Phi) is 7.20. The van der Waals surface area contributed by atoms with E-state index in [1.54, 1.807) is 21.6 Å². The molecule has 9 heteroatoms. The first-order valence-electron chi connectivity index (χ1n) is 10.3. The van der Waals surface area contributed by atoms with Crippen LogP contribution in [0.15, 0.2) is 18.5 Å². The van der Waals surface area contributed by atoms with Crippen LogP contribution < -0.4 is 5.32 Å². The summed E-state index contributed by atoms with van der Waals surface area (Å²) in [7, 11) is 3.75. The molecule has 0 aromatic carbocycles. The molecule has 2 N–H and O–H groups in total. The number of aromatic nitrogens is 6. The van der Waals surface area contributed by atoms with Crippen LogP contribution >= 0.6 is 0 Å². The Balaban J connectivity index is 0.000000757. The van der Waals surface area contributed by atoms with Gasteiger partial charge in [0.05, 0.1) is 11.8 Å². The molecule has 4 aromatic heterocycles. The molecule has 0 unspecified atom stereocenters. The number of pyridine rings is 1. The summed E-state index contributed by atoms with van der Waals surface area (Å²) in [4.78, 5) is 20.8. The lowest BCUT2D eigenvalue weighted by Crippen LogP contribution is -2.08. The average Bonchev–Trinajstić information content (AvgIpc) is 3.40. The molecule has 30 heavy (non-hydrogen) atoms. The van der Waals surface area contributed by atoms with Crippen molar-refractivity contribution in [1.29, 1.82) is 0 Å². The molecule has 9 nitrogen and oxygen atoms in total. The van der Waals surface area contributed by atoms with Crippen LogP contribution in [0.1, 0.15) is 50.8 Å². The summed E-state index contributed by atoms with van der Waals surface area (Å²) >= 11 is 0. The number of nitrogens with one attached hydrogen (secondary N) is 1. The van der Waals surface area contributed by atoms with E-state index in [-0.39, 0.29) is 5.69 Å². The van der Waals surface area contributed by atoms with Gasteiger partial charge in [-0.1, -0.05) is 27.7 Å². The minimum atomic E-state index is -0.977. The Morgan fingerprint density at radius 2 is 1.83 bits per heavy atom. The van der Waals surface area contributed by atoms with Gasteiger partial charge >= 0.3 is 5.97 Å². The monoisotopic (exact) mass is 413 g/mol. The molecule has 0 aliphatic carbocycles. The van der Waals surface area contributed by atoms with Gasteiger partial charge in [0.15, 0.2) is 11.6 Å². The lowest BCUT2D eigenvalue weighted by Gasteiger charge is -2.08. The van der Waals surface area contributed by atoms with Crippen molar-refractivity contribution in [3.8, 4) is 0 Å². The largest absolute Gasteiger partial charge is 0.477 e. The first kappa shape index (κ1) is 22.9. The maximum atomic E-state index is 11.6. The van der Waals surface area contributed by atoms with Gasteiger partial charge in [0.25, 0.3) is 0 Å². The van der Waals surface area contributed by atoms with Crippen LogP contribution in [0.4, 0.5) is 11.6 Å². The zero-order valence-corrected chi connectivity index (χ0v) is 19.0. The van der Waals surface area contributed by atoms with Crippen LogP contribution in [-0.4, -0.2) is 40.0 Å². The van der Waals surface area contributed by atoms with Gasteiger partial charge in [-0.25, -0.2) is 14.8 Å². The Hall–Kier alpha value is -3.36. The Labute approximate surface area is 176 Å². The predicted molar refractivity (Wildman–Crippen MR) is 121 cm³/mol. The third kappa shape index (κ3) is 3.87. The zero-order chi connectivity index (χ0) is 22.6. The van der Waals surface area contributed by atoms with Crippen molar-refractivity contribution in [3.05, 3.63) is 29.8 Å². The van der Waals surface area contributed by atoms with E-state index in [9.17, 15) is 9.90 Å². The number of imidazole rings is 1. The van der Waals surface area contributed by atoms with E-state index in [1.807, 2.05) is 66.3 Å². The molecular formula is C21H31N7O2. The van der Waals surface area contributed by atoms with Crippen molar-refractivity contribution in [3.63, 3.8) is 0 Å². The summed E-state index contributed by atoms with van der Waals surface area (Å²) < 4.78 is 5.34. The van der Waals surface area contributed by atoms with Gasteiger partial charge < -0.3 is 19.6 Å². The Morgan fingerprint density at radius 3 is 2.37 bits per heavy atom. The highest BCUT2D eigenvalue weighted by Gasteiger charge is 2.21. The van der Waals surface area contributed by atoms with Gasteiger partial charge in [0.2, 0.25) is 0 Å². The summed E-state index contributed by atoms with van der Waals surface area (Å²) in [5.41, 5.74) is 3.34. The summed E-state index contributed by atoms with van der Waals surface area (Å²) in [6.45, 7) is 12.4. The molecule has 0 bridgehead atoms. The third-order valence-corrected chi connectivity index (χ3v) is 4.60. The SMILES string of the molecule is CC.CC.CCn1c(C(=O)O)cc2c3c(ncn3C)c(Nc3cc(C)n(C)n3)nc21. The molecule has 0 amide bonds. The number of carbonyl (C=O) groups is 1. The fourth-order valence-electron chi connectivity index (χ4n) is 3.24. The highest BCUT2D eigenvalue weighted by atomic mass is 16.4.